The number of hydrogen-bond acceptors (Lipinski definition) is 4. The van der Waals surface area contributed by atoms with Crippen molar-refractivity contribution in [3.8, 4) is 0 Å². The Bertz CT molecular complexity index is 682. The molecule has 0 radical (unpaired) electrons. The highest BCUT2D eigenvalue weighted by atomic mass is 32.2. The van der Waals surface area contributed by atoms with E-state index in [0.717, 1.165) is 9.79 Å². The largest absolute Gasteiger partial charge is 0.280 e. The third-order valence-corrected chi connectivity index (χ3v) is 5.56. The Labute approximate surface area is 128 Å². The van der Waals surface area contributed by atoms with Gasteiger partial charge in [-0.05, 0) is 55.0 Å². The normalized spacial score (nSPS) is 11.3. The zero-order valence-electron chi connectivity index (χ0n) is 11.2. The minimum atomic E-state index is -3.53. The number of nitrogens with one attached hydrogen (secondary N) is 1. The number of hydrogen-bond donors (Lipinski definition) is 1. The fraction of sp³-hybridized carbons (Fsp3) is 0.143. The zero-order valence-corrected chi connectivity index (χ0v) is 13.6. The van der Waals surface area contributed by atoms with Crippen molar-refractivity contribution in [2.75, 3.05) is 17.2 Å². The van der Waals surface area contributed by atoms with Crippen LogP contribution in [0.25, 0.3) is 0 Å². The summed E-state index contributed by atoms with van der Waals surface area (Å²) in [6, 6.07) is 14.2. The molecule has 6 heteroatoms. The van der Waals surface area contributed by atoms with Crippen LogP contribution in [0.4, 0.5) is 5.69 Å². The molecule has 2 rings (SSSR count). The third-order valence-electron chi connectivity index (χ3n) is 2.69. The summed E-state index contributed by atoms with van der Waals surface area (Å²) in [5.74, 6) is 0. The van der Waals surface area contributed by atoms with Gasteiger partial charge >= 0.3 is 0 Å². The highest BCUT2D eigenvalue weighted by Crippen LogP contribution is 2.23. The predicted octanol–water partition coefficient (Wildman–Crippen LogP) is 3.93. The Kier molecular flexibility index (Phi) is 5.01. The van der Waals surface area contributed by atoms with E-state index in [1.165, 1.54) is 0 Å². The summed E-state index contributed by atoms with van der Waals surface area (Å²) in [7, 11) is -3.53. The summed E-state index contributed by atoms with van der Waals surface area (Å²) in [6.45, 7) is 0. The molecule has 0 atom stereocenters. The smallest absolute Gasteiger partial charge is 0.261 e. The molecule has 1 N–H and O–H groups in total. The van der Waals surface area contributed by atoms with E-state index in [1.807, 2.05) is 30.7 Å². The number of rotatable bonds is 5. The Hall–Kier alpha value is -1.11. The van der Waals surface area contributed by atoms with Crippen LogP contribution < -0.4 is 4.72 Å². The summed E-state index contributed by atoms with van der Waals surface area (Å²) in [4.78, 5) is 2.32. The van der Waals surface area contributed by atoms with Gasteiger partial charge in [-0.1, -0.05) is 6.07 Å². The molecular weight excluding hydrogens is 310 g/mol. The van der Waals surface area contributed by atoms with Crippen LogP contribution >= 0.6 is 23.5 Å². The Morgan fingerprint density at radius 3 is 2.15 bits per heavy atom. The number of benzene rings is 2. The SMILES string of the molecule is CSc1ccc(S(=O)(=O)Nc2cccc(SC)c2)cc1. The van der Waals surface area contributed by atoms with E-state index in [2.05, 4.69) is 4.72 Å². The average molecular weight is 325 g/mol. The summed E-state index contributed by atoms with van der Waals surface area (Å²) in [5.41, 5.74) is 0.575. The van der Waals surface area contributed by atoms with E-state index in [9.17, 15) is 8.42 Å². The molecule has 2 aromatic rings. The van der Waals surface area contributed by atoms with E-state index in [1.54, 1.807) is 53.9 Å². The van der Waals surface area contributed by atoms with Gasteiger partial charge in [0.2, 0.25) is 0 Å². The molecule has 0 bridgehead atoms. The fourth-order valence-electron chi connectivity index (χ4n) is 1.66. The second kappa shape index (κ2) is 6.56. The first-order valence-corrected chi connectivity index (χ1v) is 9.79. The lowest BCUT2D eigenvalue weighted by Crippen LogP contribution is -2.12. The van der Waals surface area contributed by atoms with Gasteiger partial charge in [0, 0.05) is 15.5 Å². The second-order valence-electron chi connectivity index (χ2n) is 4.01. The van der Waals surface area contributed by atoms with Crippen molar-refractivity contribution in [3.63, 3.8) is 0 Å². The molecule has 0 amide bonds. The van der Waals surface area contributed by atoms with Crippen LogP contribution in [-0.4, -0.2) is 20.9 Å². The summed E-state index contributed by atoms with van der Waals surface area (Å²) in [6.07, 6.45) is 3.91. The van der Waals surface area contributed by atoms with Gasteiger partial charge in [0.05, 0.1) is 4.90 Å². The summed E-state index contributed by atoms with van der Waals surface area (Å²) in [5, 5.41) is 0. The van der Waals surface area contributed by atoms with Gasteiger partial charge in [-0.15, -0.1) is 23.5 Å². The molecule has 0 spiro atoms. The van der Waals surface area contributed by atoms with E-state index >= 15 is 0 Å². The topological polar surface area (TPSA) is 46.2 Å². The first-order valence-electron chi connectivity index (χ1n) is 5.86. The minimum absolute atomic E-state index is 0.268. The lowest BCUT2D eigenvalue weighted by molar-refractivity contribution is 0.601. The number of anilines is 1. The van der Waals surface area contributed by atoms with Crippen molar-refractivity contribution >= 4 is 39.2 Å². The van der Waals surface area contributed by atoms with Crippen molar-refractivity contribution in [1.29, 1.82) is 0 Å². The summed E-state index contributed by atoms with van der Waals surface area (Å²) < 4.78 is 27.2. The quantitative estimate of drug-likeness (QED) is 0.846. The van der Waals surface area contributed by atoms with Gasteiger partial charge in [-0.25, -0.2) is 8.42 Å². The first kappa shape index (κ1) is 15.3. The predicted molar refractivity (Wildman–Crippen MR) is 87.3 cm³/mol. The monoisotopic (exact) mass is 325 g/mol. The minimum Gasteiger partial charge on any atom is -0.280 e. The average Bonchev–Trinajstić information content (AvgIpc) is 2.47. The van der Waals surface area contributed by atoms with Crippen LogP contribution in [0.3, 0.4) is 0 Å². The van der Waals surface area contributed by atoms with Crippen LogP contribution in [0.5, 0.6) is 0 Å². The van der Waals surface area contributed by atoms with E-state index in [4.69, 9.17) is 0 Å². The Balaban J connectivity index is 2.25. The molecule has 2 aromatic carbocycles. The maximum absolute atomic E-state index is 12.3. The number of sulfonamides is 1. The molecule has 0 unspecified atom stereocenters. The van der Waals surface area contributed by atoms with E-state index < -0.39 is 10.0 Å². The second-order valence-corrected chi connectivity index (χ2v) is 7.45. The zero-order chi connectivity index (χ0) is 14.6. The van der Waals surface area contributed by atoms with Crippen molar-refractivity contribution in [2.45, 2.75) is 14.7 Å². The van der Waals surface area contributed by atoms with Crippen molar-refractivity contribution in [3.05, 3.63) is 48.5 Å². The molecule has 3 nitrogen and oxygen atoms in total. The Morgan fingerprint density at radius 2 is 1.55 bits per heavy atom. The van der Waals surface area contributed by atoms with Gasteiger partial charge in [-0.2, -0.15) is 0 Å². The molecule has 0 aliphatic heterocycles. The highest BCUT2D eigenvalue weighted by molar-refractivity contribution is 7.98. The maximum atomic E-state index is 12.3. The Morgan fingerprint density at radius 1 is 0.900 bits per heavy atom. The molecule has 0 saturated heterocycles. The first-order chi connectivity index (χ1) is 9.55. The maximum Gasteiger partial charge on any atom is 0.261 e. The molecule has 0 fully saturated rings. The number of thioether (sulfide) groups is 2. The fourth-order valence-corrected chi connectivity index (χ4v) is 3.57. The van der Waals surface area contributed by atoms with Crippen molar-refractivity contribution < 1.29 is 8.42 Å². The van der Waals surface area contributed by atoms with E-state index in [0.29, 0.717) is 5.69 Å². The van der Waals surface area contributed by atoms with Gasteiger partial charge in [-0.3, -0.25) is 4.72 Å². The van der Waals surface area contributed by atoms with Gasteiger partial charge in [0.1, 0.15) is 0 Å². The van der Waals surface area contributed by atoms with Crippen molar-refractivity contribution in [1.82, 2.24) is 0 Å². The van der Waals surface area contributed by atoms with Gasteiger partial charge in [0.25, 0.3) is 10.0 Å². The van der Waals surface area contributed by atoms with Crippen LogP contribution in [0, 0.1) is 0 Å². The van der Waals surface area contributed by atoms with Crippen LogP contribution in [0.1, 0.15) is 0 Å². The van der Waals surface area contributed by atoms with E-state index in [-0.39, 0.29) is 4.90 Å². The summed E-state index contributed by atoms with van der Waals surface area (Å²) >= 11 is 3.15. The standard InChI is InChI=1S/C14H15NO2S3/c1-18-12-6-8-14(9-7-12)20(16,17)15-11-4-3-5-13(10-11)19-2/h3-10,15H,1-2H3. The molecule has 0 saturated carbocycles. The molecule has 20 heavy (non-hydrogen) atoms. The van der Waals surface area contributed by atoms with Crippen molar-refractivity contribution in [2.24, 2.45) is 0 Å². The lowest BCUT2D eigenvalue weighted by Gasteiger charge is -2.09. The van der Waals surface area contributed by atoms with Gasteiger partial charge < -0.3 is 0 Å². The molecule has 106 valence electrons. The molecule has 0 aliphatic rings. The molecule has 0 heterocycles. The molecule has 0 aliphatic carbocycles. The molecule has 0 aromatic heterocycles. The highest BCUT2D eigenvalue weighted by Gasteiger charge is 2.14. The van der Waals surface area contributed by atoms with Crippen LogP contribution in [-0.2, 0) is 10.0 Å². The van der Waals surface area contributed by atoms with Crippen LogP contribution in [0.15, 0.2) is 63.2 Å². The van der Waals surface area contributed by atoms with Crippen LogP contribution in [0.2, 0.25) is 0 Å². The lowest BCUT2D eigenvalue weighted by atomic mass is 10.3. The third kappa shape index (κ3) is 3.71. The molecular formula is C14H15NO2S3. The van der Waals surface area contributed by atoms with Gasteiger partial charge in [0.15, 0.2) is 0 Å².